The minimum Gasteiger partial charge on any atom is -0.480 e. The van der Waals surface area contributed by atoms with Crippen molar-refractivity contribution in [2.24, 2.45) is 5.92 Å². The molecule has 0 aromatic rings. The van der Waals surface area contributed by atoms with E-state index in [-0.39, 0.29) is 11.5 Å². The van der Waals surface area contributed by atoms with Crippen LogP contribution >= 0.6 is 0 Å². The Morgan fingerprint density at radius 2 is 2.06 bits per heavy atom. The van der Waals surface area contributed by atoms with E-state index in [0.717, 1.165) is 12.6 Å². The summed E-state index contributed by atoms with van der Waals surface area (Å²) in [4.78, 5) is 22.4. The number of carboxylic acid groups (broad SMARTS) is 1. The maximum atomic E-state index is 11.5. The van der Waals surface area contributed by atoms with Crippen molar-refractivity contribution in [2.75, 3.05) is 6.54 Å². The summed E-state index contributed by atoms with van der Waals surface area (Å²) in [5.74, 6) is -1.68. The van der Waals surface area contributed by atoms with Crippen LogP contribution in [0.2, 0.25) is 0 Å². The maximum absolute atomic E-state index is 11.5. The summed E-state index contributed by atoms with van der Waals surface area (Å²) in [6, 6.07) is 0.911. The molecule has 0 radical (unpaired) electrons. The van der Waals surface area contributed by atoms with Crippen LogP contribution in [0.15, 0.2) is 11.8 Å². The van der Waals surface area contributed by atoms with E-state index in [2.05, 4.69) is 10.6 Å². The first-order chi connectivity index (χ1) is 8.43. The monoisotopic (exact) mass is 253 g/mol. The average Bonchev–Trinajstić information content (AvgIpc) is 2.30. The normalized spacial score (nSPS) is 12.7. The van der Waals surface area contributed by atoms with Gasteiger partial charge in [0.2, 0.25) is 0 Å². The van der Waals surface area contributed by atoms with Gasteiger partial charge >= 0.3 is 5.97 Å². The highest BCUT2D eigenvalue weighted by Crippen LogP contribution is 2.02. The van der Waals surface area contributed by atoms with Crippen LogP contribution in [0.3, 0.4) is 0 Å². The third-order valence-electron chi connectivity index (χ3n) is 2.24. The smallest absolute Gasteiger partial charge is 0.326 e. The van der Waals surface area contributed by atoms with Gasteiger partial charge in [-0.3, -0.25) is 4.79 Å². The summed E-state index contributed by atoms with van der Waals surface area (Å²) in [5, 5.41) is 22.9. The molecule has 0 aliphatic heterocycles. The summed E-state index contributed by atoms with van der Waals surface area (Å²) in [6.45, 7) is 5.85. The fourth-order valence-electron chi connectivity index (χ4n) is 1.20. The molecule has 100 valence electrons. The zero-order valence-electron chi connectivity index (χ0n) is 10.9. The molecule has 0 saturated heterocycles. The lowest BCUT2D eigenvalue weighted by atomic mass is 10.1. The van der Waals surface area contributed by atoms with Crippen molar-refractivity contribution in [3.8, 4) is 6.07 Å². The van der Waals surface area contributed by atoms with Gasteiger partial charge in [-0.2, -0.15) is 5.26 Å². The number of carbonyl (C=O) groups excluding carboxylic acids is 1. The van der Waals surface area contributed by atoms with Crippen LogP contribution < -0.4 is 10.6 Å². The molecule has 0 aromatic heterocycles. The number of rotatable bonds is 7. The molecule has 1 atom stereocenters. The molecule has 0 rings (SSSR count). The van der Waals surface area contributed by atoms with Gasteiger partial charge in [0.15, 0.2) is 0 Å². The topological polar surface area (TPSA) is 102 Å². The Morgan fingerprint density at radius 3 is 2.44 bits per heavy atom. The predicted octanol–water partition coefficient (Wildman–Crippen LogP) is 0.619. The van der Waals surface area contributed by atoms with Crippen molar-refractivity contribution in [1.82, 2.24) is 10.6 Å². The molecular formula is C12H19N3O3. The van der Waals surface area contributed by atoms with Crippen LogP contribution in [-0.2, 0) is 9.59 Å². The number of carboxylic acids is 1. The highest BCUT2D eigenvalue weighted by molar-refractivity contribution is 5.97. The number of amides is 1. The number of hydrogen-bond acceptors (Lipinski definition) is 4. The Balaban J connectivity index is 4.66. The predicted molar refractivity (Wildman–Crippen MR) is 66.4 cm³/mol. The van der Waals surface area contributed by atoms with Crippen molar-refractivity contribution < 1.29 is 14.7 Å². The number of aliphatic carboxylic acids is 1. The van der Waals surface area contributed by atoms with E-state index in [0.29, 0.717) is 6.54 Å². The summed E-state index contributed by atoms with van der Waals surface area (Å²) >= 11 is 0. The standard InChI is InChI=1S/C12H19N3O3/c1-4-5-14-11(16)9(6-13)7-15-10(8(2)3)12(17)18/h7-8,10,15H,4-5H2,1-3H3,(H,14,16)(H,17,18)/b9-7-. The van der Waals surface area contributed by atoms with E-state index in [4.69, 9.17) is 10.4 Å². The molecule has 6 nitrogen and oxygen atoms in total. The van der Waals surface area contributed by atoms with Gasteiger partial charge < -0.3 is 15.7 Å². The number of carbonyl (C=O) groups is 2. The fourth-order valence-corrected chi connectivity index (χ4v) is 1.20. The zero-order chi connectivity index (χ0) is 14.1. The van der Waals surface area contributed by atoms with Gasteiger partial charge in [-0.1, -0.05) is 20.8 Å². The molecule has 0 bridgehead atoms. The molecule has 1 amide bonds. The van der Waals surface area contributed by atoms with Gasteiger partial charge in [-0.05, 0) is 12.3 Å². The third kappa shape index (κ3) is 5.34. The molecule has 0 aliphatic carbocycles. The van der Waals surface area contributed by atoms with E-state index < -0.39 is 17.9 Å². The minimum absolute atomic E-state index is 0.129. The van der Waals surface area contributed by atoms with Crippen molar-refractivity contribution in [3.63, 3.8) is 0 Å². The molecule has 3 N–H and O–H groups in total. The van der Waals surface area contributed by atoms with Crippen molar-refractivity contribution in [3.05, 3.63) is 11.8 Å². The largest absolute Gasteiger partial charge is 0.480 e. The molecule has 18 heavy (non-hydrogen) atoms. The van der Waals surface area contributed by atoms with Gasteiger partial charge in [-0.25, -0.2) is 4.79 Å². The van der Waals surface area contributed by atoms with Gasteiger partial charge in [0.05, 0.1) is 0 Å². The van der Waals surface area contributed by atoms with Crippen molar-refractivity contribution in [2.45, 2.75) is 33.2 Å². The second-order valence-electron chi connectivity index (χ2n) is 4.15. The molecule has 6 heteroatoms. The van der Waals surface area contributed by atoms with E-state index in [1.54, 1.807) is 19.9 Å². The molecule has 0 aromatic carbocycles. The number of hydrogen-bond donors (Lipinski definition) is 3. The fraction of sp³-hybridized carbons (Fsp3) is 0.583. The summed E-state index contributed by atoms with van der Waals surface area (Å²) in [6.07, 6.45) is 1.92. The van der Waals surface area contributed by atoms with E-state index in [1.807, 2.05) is 6.92 Å². The van der Waals surface area contributed by atoms with E-state index in [9.17, 15) is 9.59 Å². The lowest BCUT2D eigenvalue weighted by Crippen LogP contribution is -2.38. The van der Waals surface area contributed by atoms with Crippen molar-refractivity contribution in [1.29, 1.82) is 5.26 Å². The van der Waals surface area contributed by atoms with Crippen LogP contribution in [0.4, 0.5) is 0 Å². The van der Waals surface area contributed by atoms with Gasteiger partial charge in [0.25, 0.3) is 5.91 Å². The molecule has 0 aliphatic rings. The first kappa shape index (κ1) is 16.0. The van der Waals surface area contributed by atoms with E-state index >= 15 is 0 Å². The van der Waals surface area contributed by atoms with Crippen LogP contribution in [0.25, 0.3) is 0 Å². The van der Waals surface area contributed by atoms with E-state index in [1.165, 1.54) is 0 Å². The molecule has 0 spiro atoms. The first-order valence-electron chi connectivity index (χ1n) is 5.81. The molecule has 1 unspecified atom stereocenters. The molecule has 0 heterocycles. The van der Waals surface area contributed by atoms with Gasteiger partial charge in [-0.15, -0.1) is 0 Å². The van der Waals surface area contributed by atoms with Crippen LogP contribution in [-0.4, -0.2) is 29.6 Å². The quantitative estimate of drug-likeness (QED) is 0.456. The SMILES string of the molecule is CCCNC(=O)/C(C#N)=C\NC(C(=O)O)C(C)C. The minimum atomic E-state index is -1.02. The highest BCUT2D eigenvalue weighted by Gasteiger charge is 2.20. The number of nitriles is 1. The van der Waals surface area contributed by atoms with Crippen molar-refractivity contribution >= 4 is 11.9 Å². The lowest BCUT2D eigenvalue weighted by molar-refractivity contribution is -0.140. The summed E-state index contributed by atoms with van der Waals surface area (Å²) in [5.41, 5.74) is -0.129. The van der Waals surface area contributed by atoms with Crippen LogP contribution in [0.1, 0.15) is 27.2 Å². The maximum Gasteiger partial charge on any atom is 0.326 e. The first-order valence-corrected chi connectivity index (χ1v) is 5.81. The Kier molecular flexibility index (Phi) is 7.20. The Morgan fingerprint density at radius 1 is 1.44 bits per heavy atom. The van der Waals surface area contributed by atoms with Crippen LogP contribution in [0, 0.1) is 17.2 Å². The zero-order valence-corrected chi connectivity index (χ0v) is 10.9. The van der Waals surface area contributed by atoms with Crippen LogP contribution in [0.5, 0.6) is 0 Å². The Bertz CT molecular complexity index is 369. The second kappa shape index (κ2) is 8.12. The van der Waals surface area contributed by atoms with Gasteiger partial charge in [0, 0.05) is 12.7 Å². The second-order valence-corrected chi connectivity index (χ2v) is 4.15. The summed E-state index contributed by atoms with van der Waals surface area (Å²) in [7, 11) is 0. The lowest BCUT2D eigenvalue weighted by Gasteiger charge is -2.16. The third-order valence-corrected chi connectivity index (χ3v) is 2.24. The van der Waals surface area contributed by atoms with Gasteiger partial charge in [0.1, 0.15) is 17.7 Å². The number of nitrogens with one attached hydrogen (secondary N) is 2. The molecule has 0 fully saturated rings. The summed E-state index contributed by atoms with van der Waals surface area (Å²) < 4.78 is 0. The highest BCUT2D eigenvalue weighted by atomic mass is 16.4. The molecule has 0 saturated carbocycles. The Labute approximate surface area is 107 Å². The molecular weight excluding hydrogens is 234 g/mol. The average molecular weight is 253 g/mol. The Hall–Kier alpha value is -2.03. The number of nitrogens with zero attached hydrogens (tertiary/aromatic N) is 1.